The zero-order valence-electron chi connectivity index (χ0n) is 20.5. The normalized spacial score (nSPS) is 21.4. The molecule has 1 aliphatic carbocycles. The minimum Gasteiger partial charge on any atom is -0.766 e. The number of carbonyl (C=O) groups is 1. The largest absolute Gasteiger partial charge is 0.766 e. The van der Waals surface area contributed by atoms with Crippen molar-refractivity contribution in [2.24, 2.45) is 18.4 Å². The summed E-state index contributed by atoms with van der Waals surface area (Å²) >= 11 is 0. The van der Waals surface area contributed by atoms with Gasteiger partial charge >= 0.3 is 0 Å². The SMILES string of the molecule is Cc1noc(C)c1-c1ccc(NN([O-])[C@@H](NC(=O)c2ccnn2C)C2(C)CCC(C)CC2)cc1. The highest BCUT2D eigenvalue weighted by Gasteiger charge is 2.39. The van der Waals surface area contributed by atoms with Crippen LogP contribution in [0.3, 0.4) is 0 Å². The second kappa shape index (κ2) is 9.60. The third-order valence-electron chi connectivity index (χ3n) is 7.08. The molecule has 182 valence electrons. The maximum absolute atomic E-state index is 13.5. The van der Waals surface area contributed by atoms with E-state index in [0.29, 0.717) is 17.3 Å². The van der Waals surface area contributed by atoms with Crippen molar-refractivity contribution in [3.63, 3.8) is 0 Å². The van der Waals surface area contributed by atoms with Gasteiger partial charge in [-0.15, -0.1) is 0 Å². The van der Waals surface area contributed by atoms with Crippen molar-refractivity contribution >= 4 is 11.6 Å². The number of hydrogen-bond donors (Lipinski definition) is 2. The molecule has 0 unspecified atom stereocenters. The van der Waals surface area contributed by atoms with Gasteiger partial charge in [-0.2, -0.15) is 5.10 Å². The summed E-state index contributed by atoms with van der Waals surface area (Å²) in [5.41, 5.74) is 6.37. The molecule has 1 amide bonds. The van der Waals surface area contributed by atoms with E-state index in [1.807, 2.05) is 38.1 Å². The van der Waals surface area contributed by atoms with Crippen molar-refractivity contribution in [1.82, 2.24) is 25.4 Å². The molecule has 1 atom stereocenters. The molecule has 3 aromatic rings. The van der Waals surface area contributed by atoms with Crippen molar-refractivity contribution in [2.75, 3.05) is 5.43 Å². The van der Waals surface area contributed by atoms with Crippen LogP contribution in [0.2, 0.25) is 0 Å². The number of hydrazine groups is 1. The number of aromatic nitrogens is 3. The number of nitrogens with one attached hydrogen (secondary N) is 2. The van der Waals surface area contributed by atoms with Crippen LogP contribution in [0.25, 0.3) is 11.1 Å². The molecule has 9 nitrogen and oxygen atoms in total. The summed E-state index contributed by atoms with van der Waals surface area (Å²) in [6.45, 7) is 8.09. The molecule has 0 bridgehead atoms. The van der Waals surface area contributed by atoms with Gasteiger partial charge in [0.05, 0.1) is 11.9 Å². The van der Waals surface area contributed by atoms with Crippen LogP contribution in [0.1, 0.15) is 61.5 Å². The number of hydrogen-bond acceptors (Lipinski definition) is 7. The maximum atomic E-state index is 13.5. The van der Waals surface area contributed by atoms with Gasteiger partial charge in [0.1, 0.15) is 11.5 Å². The first kappa shape index (κ1) is 24.0. The number of rotatable bonds is 7. The Morgan fingerprint density at radius 1 is 1.24 bits per heavy atom. The van der Waals surface area contributed by atoms with E-state index in [0.717, 1.165) is 53.4 Å². The predicted octanol–water partition coefficient (Wildman–Crippen LogP) is 4.79. The van der Waals surface area contributed by atoms with Crippen LogP contribution in [-0.2, 0) is 7.05 Å². The van der Waals surface area contributed by atoms with E-state index in [-0.39, 0.29) is 11.3 Å². The minimum absolute atomic E-state index is 0.318. The molecule has 1 fully saturated rings. The second-order valence-electron chi connectivity index (χ2n) is 9.77. The molecule has 4 rings (SSSR count). The lowest BCUT2D eigenvalue weighted by molar-refractivity contribution is 0.0430. The van der Waals surface area contributed by atoms with Gasteiger partial charge in [0.25, 0.3) is 5.91 Å². The fourth-order valence-electron chi connectivity index (χ4n) is 4.80. The summed E-state index contributed by atoms with van der Waals surface area (Å²) in [6.07, 6.45) is 4.58. The zero-order valence-corrected chi connectivity index (χ0v) is 20.5. The molecule has 1 aliphatic rings. The Hall–Kier alpha value is -3.17. The average molecular weight is 466 g/mol. The summed E-state index contributed by atoms with van der Waals surface area (Å²) < 4.78 is 6.78. The minimum atomic E-state index is -0.746. The van der Waals surface area contributed by atoms with Crippen LogP contribution < -0.4 is 10.7 Å². The van der Waals surface area contributed by atoms with Gasteiger partial charge in [0, 0.05) is 29.9 Å². The number of nitrogens with zero attached hydrogens (tertiary/aromatic N) is 4. The Bertz CT molecular complexity index is 1110. The fraction of sp³-hybridized carbons (Fsp3) is 0.480. The molecule has 34 heavy (non-hydrogen) atoms. The lowest BCUT2D eigenvalue weighted by Gasteiger charge is -2.50. The van der Waals surface area contributed by atoms with Crippen molar-refractivity contribution in [3.05, 3.63) is 58.9 Å². The van der Waals surface area contributed by atoms with Crippen LogP contribution in [0, 0.1) is 30.4 Å². The highest BCUT2D eigenvalue weighted by atomic mass is 16.5. The number of aryl methyl sites for hydroxylation is 3. The third kappa shape index (κ3) is 4.85. The standard InChI is InChI=1S/C25H33N6O3/c1-16-10-13-25(4,14-11-16)24(27-23(32)21-12-15-26-30(21)5)31(33)28-20-8-6-19(7-9-20)22-17(2)29-34-18(22)3/h6-9,12,15-16,24,28H,10-11,13-14H2,1-5H3,(H,27,32)/q-1/t16?,24-,25?/m1/s1. The van der Waals surface area contributed by atoms with E-state index in [1.165, 1.54) is 4.68 Å². The quantitative estimate of drug-likeness (QED) is 0.381. The third-order valence-corrected chi connectivity index (χ3v) is 7.08. The molecule has 2 aromatic heterocycles. The number of hydroxylamine groups is 1. The Balaban J connectivity index is 1.54. The summed E-state index contributed by atoms with van der Waals surface area (Å²) in [5.74, 6) is 1.05. The molecule has 0 spiro atoms. The Labute approximate surface area is 200 Å². The molecule has 0 aliphatic heterocycles. The summed E-state index contributed by atoms with van der Waals surface area (Å²) in [4.78, 5) is 13.0. The van der Waals surface area contributed by atoms with E-state index in [2.05, 4.69) is 34.8 Å². The van der Waals surface area contributed by atoms with Gasteiger partial charge < -0.3 is 20.5 Å². The molecule has 2 N–H and O–H groups in total. The highest BCUT2D eigenvalue weighted by Crippen LogP contribution is 2.42. The number of benzene rings is 1. The van der Waals surface area contributed by atoms with E-state index in [4.69, 9.17) is 4.52 Å². The van der Waals surface area contributed by atoms with Crippen LogP contribution in [0.15, 0.2) is 41.1 Å². The Kier molecular flexibility index (Phi) is 6.77. The van der Waals surface area contributed by atoms with Crippen molar-refractivity contribution in [2.45, 2.75) is 59.5 Å². The van der Waals surface area contributed by atoms with Crippen molar-refractivity contribution in [3.8, 4) is 11.1 Å². The lowest BCUT2D eigenvalue weighted by Crippen LogP contribution is -2.57. The summed E-state index contributed by atoms with van der Waals surface area (Å²) in [6, 6.07) is 9.19. The topological polar surface area (TPSA) is 111 Å². The molecular weight excluding hydrogens is 432 g/mol. The van der Waals surface area contributed by atoms with Crippen LogP contribution in [0.4, 0.5) is 5.69 Å². The van der Waals surface area contributed by atoms with Crippen molar-refractivity contribution < 1.29 is 9.32 Å². The number of anilines is 1. The Morgan fingerprint density at radius 2 is 1.91 bits per heavy atom. The first-order valence-electron chi connectivity index (χ1n) is 11.7. The molecule has 1 saturated carbocycles. The van der Waals surface area contributed by atoms with Gasteiger partial charge in [-0.05, 0) is 56.4 Å². The molecule has 0 saturated heterocycles. The van der Waals surface area contributed by atoms with Crippen molar-refractivity contribution in [1.29, 1.82) is 0 Å². The summed E-state index contributed by atoms with van der Waals surface area (Å²) in [7, 11) is 1.71. The first-order chi connectivity index (χ1) is 16.2. The summed E-state index contributed by atoms with van der Waals surface area (Å²) in [5, 5.41) is 25.3. The monoisotopic (exact) mass is 465 g/mol. The lowest BCUT2D eigenvalue weighted by atomic mass is 9.70. The van der Waals surface area contributed by atoms with Crippen LogP contribution >= 0.6 is 0 Å². The van der Waals surface area contributed by atoms with E-state index < -0.39 is 6.17 Å². The molecule has 2 heterocycles. The Morgan fingerprint density at radius 3 is 2.47 bits per heavy atom. The molecule has 1 aromatic carbocycles. The smallest absolute Gasteiger partial charge is 0.270 e. The zero-order chi connectivity index (χ0) is 24.5. The molecule has 0 radical (unpaired) electrons. The molecule has 9 heteroatoms. The first-order valence-corrected chi connectivity index (χ1v) is 11.7. The van der Waals surface area contributed by atoms with Crippen LogP contribution in [0.5, 0.6) is 0 Å². The van der Waals surface area contributed by atoms with Gasteiger partial charge in [0.15, 0.2) is 0 Å². The average Bonchev–Trinajstić information content (AvgIpc) is 3.39. The van der Waals surface area contributed by atoms with Gasteiger partial charge in [0.2, 0.25) is 0 Å². The second-order valence-corrected chi connectivity index (χ2v) is 9.77. The van der Waals surface area contributed by atoms with E-state index >= 15 is 0 Å². The van der Waals surface area contributed by atoms with E-state index in [9.17, 15) is 10.0 Å². The number of carbonyl (C=O) groups excluding carboxylic acids is 1. The van der Waals surface area contributed by atoms with Gasteiger partial charge in [-0.25, -0.2) is 0 Å². The highest BCUT2D eigenvalue weighted by molar-refractivity contribution is 5.92. The number of amides is 1. The molecular formula is C25H33N6O3-. The maximum Gasteiger partial charge on any atom is 0.270 e. The predicted molar refractivity (Wildman–Crippen MR) is 130 cm³/mol. The van der Waals surface area contributed by atoms with E-state index in [1.54, 1.807) is 19.3 Å². The van der Waals surface area contributed by atoms with Crippen LogP contribution in [-0.4, -0.2) is 32.2 Å². The van der Waals surface area contributed by atoms with Gasteiger partial charge in [-0.3, -0.25) is 14.6 Å². The fourth-order valence-corrected chi connectivity index (χ4v) is 4.80. The van der Waals surface area contributed by atoms with Gasteiger partial charge in [-0.1, -0.05) is 44.0 Å².